The Morgan fingerprint density at radius 2 is 1.81 bits per heavy atom. The van der Waals surface area contributed by atoms with Crippen LogP contribution in [-0.2, 0) is 16.1 Å². The van der Waals surface area contributed by atoms with Crippen LogP contribution in [0.3, 0.4) is 0 Å². The minimum absolute atomic E-state index is 0.0637. The Balaban J connectivity index is 1.43. The van der Waals surface area contributed by atoms with Gasteiger partial charge in [0.25, 0.3) is 0 Å². The number of anilines is 1. The van der Waals surface area contributed by atoms with Gasteiger partial charge in [-0.1, -0.05) is 12.1 Å². The van der Waals surface area contributed by atoms with Crippen molar-refractivity contribution in [3.63, 3.8) is 0 Å². The zero-order valence-corrected chi connectivity index (χ0v) is 18.4. The summed E-state index contributed by atoms with van der Waals surface area (Å²) in [5.74, 6) is 1.72. The van der Waals surface area contributed by atoms with Gasteiger partial charge in [-0.15, -0.1) is 0 Å². The monoisotopic (exact) mass is 432 g/mol. The fourth-order valence-electron chi connectivity index (χ4n) is 4.84. The lowest BCUT2D eigenvalue weighted by Gasteiger charge is -2.27. The summed E-state index contributed by atoms with van der Waals surface area (Å²) < 4.78 is 7.26. The molecule has 2 saturated heterocycles. The maximum atomic E-state index is 13.1. The zero-order chi connectivity index (χ0) is 22.1. The van der Waals surface area contributed by atoms with Crippen molar-refractivity contribution in [3.8, 4) is 5.75 Å². The van der Waals surface area contributed by atoms with Crippen molar-refractivity contribution in [3.05, 3.63) is 54.4 Å². The molecule has 32 heavy (non-hydrogen) atoms. The van der Waals surface area contributed by atoms with Crippen molar-refractivity contribution in [1.82, 2.24) is 14.5 Å². The number of carbonyl (C=O) groups excluding carboxylic acids is 2. The Kier molecular flexibility index (Phi) is 5.55. The summed E-state index contributed by atoms with van der Waals surface area (Å²) in [6.45, 7) is 2.47. The summed E-state index contributed by atoms with van der Waals surface area (Å²) in [5, 5.41) is 0. The number of nitrogens with zero attached hydrogens (tertiary/aromatic N) is 4. The van der Waals surface area contributed by atoms with E-state index in [4.69, 9.17) is 9.72 Å². The van der Waals surface area contributed by atoms with Gasteiger partial charge in [0.05, 0.1) is 18.1 Å². The minimum Gasteiger partial charge on any atom is -0.497 e. The molecule has 0 aliphatic carbocycles. The molecule has 2 amide bonds. The summed E-state index contributed by atoms with van der Waals surface area (Å²) >= 11 is 0. The SMILES string of the molecule is COc1ccc(N2CC(c3nc4ccccc4n3CC(=O)N3CCCCC3)CC2=O)cc1. The van der Waals surface area contributed by atoms with Crippen LogP contribution in [-0.4, -0.2) is 53.0 Å². The van der Waals surface area contributed by atoms with Crippen LogP contribution in [0.4, 0.5) is 5.69 Å². The topological polar surface area (TPSA) is 67.7 Å². The number of likely N-dealkylation sites (tertiary alicyclic amines) is 1. The van der Waals surface area contributed by atoms with E-state index >= 15 is 0 Å². The van der Waals surface area contributed by atoms with Gasteiger partial charge in [0.15, 0.2) is 0 Å². The van der Waals surface area contributed by atoms with Crippen molar-refractivity contribution in [2.75, 3.05) is 31.6 Å². The van der Waals surface area contributed by atoms with E-state index in [1.165, 1.54) is 6.42 Å². The highest BCUT2D eigenvalue weighted by Gasteiger charge is 2.35. The molecule has 0 N–H and O–H groups in total. The Hall–Kier alpha value is -3.35. The molecule has 166 valence electrons. The van der Waals surface area contributed by atoms with E-state index in [1.54, 1.807) is 12.0 Å². The first kappa shape index (κ1) is 20.5. The predicted octanol–water partition coefficient (Wildman–Crippen LogP) is 3.58. The number of rotatable bonds is 5. The van der Waals surface area contributed by atoms with Gasteiger partial charge in [0, 0.05) is 37.7 Å². The van der Waals surface area contributed by atoms with Crippen LogP contribution in [0.2, 0.25) is 0 Å². The normalized spacial score (nSPS) is 19.0. The quantitative estimate of drug-likeness (QED) is 0.618. The number of fused-ring (bicyclic) bond motifs is 1. The molecule has 2 aromatic carbocycles. The number of hydrogen-bond donors (Lipinski definition) is 0. The van der Waals surface area contributed by atoms with Gasteiger partial charge in [0.2, 0.25) is 11.8 Å². The van der Waals surface area contributed by atoms with Gasteiger partial charge in [-0.2, -0.15) is 0 Å². The number of benzene rings is 2. The third kappa shape index (κ3) is 3.83. The summed E-state index contributed by atoms with van der Waals surface area (Å²) in [6, 6.07) is 15.4. The van der Waals surface area contributed by atoms with Gasteiger partial charge in [0.1, 0.15) is 18.1 Å². The first-order valence-corrected chi connectivity index (χ1v) is 11.3. The molecule has 2 aliphatic rings. The Labute approximate surface area is 187 Å². The predicted molar refractivity (Wildman–Crippen MR) is 123 cm³/mol. The summed E-state index contributed by atoms with van der Waals surface area (Å²) in [7, 11) is 1.63. The van der Waals surface area contributed by atoms with E-state index in [9.17, 15) is 9.59 Å². The molecule has 2 aliphatic heterocycles. The average Bonchev–Trinajstić information content (AvgIpc) is 3.40. The summed E-state index contributed by atoms with van der Waals surface area (Å²) in [6.07, 6.45) is 3.70. The van der Waals surface area contributed by atoms with E-state index in [0.29, 0.717) is 13.0 Å². The molecule has 5 rings (SSSR count). The molecule has 3 heterocycles. The van der Waals surface area contributed by atoms with Crippen LogP contribution >= 0.6 is 0 Å². The molecule has 7 nitrogen and oxygen atoms in total. The van der Waals surface area contributed by atoms with Gasteiger partial charge >= 0.3 is 0 Å². The fraction of sp³-hybridized carbons (Fsp3) is 0.400. The standard InChI is InChI=1S/C25H28N4O3/c1-32-20-11-9-19(10-12-20)28-16-18(15-23(28)30)25-26-21-7-3-4-8-22(21)29(25)17-24(31)27-13-5-2-6-14-27/h3-4,7-12,18H,2,5-6,13-17H2,1H3. The molecule has 0 saturated carbocycles. The Bertz CT molecular complexity index is 1130. The van der Waals surface area contributed by atoms with Crippen LogP contribution in [0, 0.1) is 0 Å². The molecule has 1 atom stereocenters. The molecular weight excluding hydrogens is 404 g/mol. The Morgan fingerprint density at radius 1 is 1.06 bits per heavy atom. The Morgan fingerprint density at radius 3 is 2.56 bits per heavy atom. The van der Waals surface area contributed by atoms with Crippen molar-refractivity contribution >= 4 is 28.5 Å². The fourth-order valence-corrected chi connectivity index (χ4v) is 4.84. The maximum absolute atomic E-state index is 13.1. The minimum atomic E-state index is -0.0637. The molecule has 7 heteroatoms. The lowest BCUT2D eigenvalue weighted by atomic mass is 10.1. The molecule has 0 bridgehead atoms. The smallest absolute Gasteiger partial charge is 0.242 e. The second-order valence-corrected chi connectivity index (χ2v) is 8.59. The molecule has 2 fully saturated rings. The number of aromatic nitrogens is 2. The van der Waals surface area contributed by atoms with Gasteiger partial charge in [-0.3, -0.25) is 9.59 Å². The van der Waals surface area contributed by atoms with Crippen LogP contribution in [0.25, 0.3) is 11.0 Å². The van der Waals surface area contributed by atoms with Gasteiger partial charge < -0.3 is 19.1 Å². The zero-order valence-electron chi connectivity index (χ0n) is 18.4. The number of amides is 2. The van der Waals surface area contributed by atoms with Crippen molar-refractivity contribution < 1.29 is 14.3 Å². The van der Waals surface area contributed by atoms with Crippen LogP contribution in [0.1, 0.15) is 37.4 Å². The highest BCUT2D eigenvalue weighted by Crippen LogP contribution is 2.34. The number of ether oxygens (including phenoxy) is 1. The van der Waals surface area contributed by atoms with Crippen molar-refractivity contribution in [2.24, 2.45) is 0 Å². The molecule has 1 unspecified atom stereocenters. The molecule has 3 aromatic rings. The van der Waals surface area contributed by atoms with E-state index in [1.807, 2.05) is 58.0 Å². The summed E-state index contributed by atoms with van der Waals surface area (Å²) in [4.78, 5) is 34.6. The van der Waals surface area contributed by atoms with Crippen molar-refractivity contribution in [1.29, 1.82) is 0 Å². The largest absolute Gasteiger partial charge is 0.497 e. The third-order valence-corrected chi connectivity index (χ3v) is 6.56. The number of piperidine rings is 1. The van der Waals surface area contributed by atoms with E-state index in [0.717, 1.165) is 54.2 Å². The van der Waals surface area contributed by atoms with E-state index < -0.39 is 0 Å². The van der Waals surface area contributed by atoms with Crippen LogP contribution < -0.4 is 9.64 Å². The second kappa shape index (κ2) is 8.65. The number of methoxy groups -OCH3 is 1. The molecular formula is C25H28N4O3. The lowest BCUT2D eigenvalue weighted by Crippen LogP contribution is -2.38. The van der Waals surface area contributed by atoms with Crippen LogP contribution in [0.5, 0.6) is 5.75 Å². The van der Waals surface area contributed by atoms with Gasteiger partial charge in [-0.25, -0.2) is 4.98 Å². The molecule has 0 radical (unpaired) electrons. The average molecular weight is 433 g/mol. The number of para-hydroxylation sites is 2. The van der Waals surface area contributed by atoms with E-state index in [2.05, 4.69) is 0 Å². The van der Waals surface area contributed by atoms with Gasteiger partial charge in [-0.05, 0) is 55.7 Å². The number of imidazole rings is 1. The number of carbonyl (C=O) groups is 2. The first-order valence-electron chi connectivity index (χ1n) is 11.3. The number of hydrogen-bond acceptors (Lipinski definition) is 4. The second-order valence-electron chi connectivity index (χ2n) is 8.59. The molecule has 0 spiro atoms. The summed E-state index contributed by atoms with van der Waals surface area (Å²) in [5.41, 5.74) is 2.66. The molecule has 1 aromatic heterocycles. The maximum Gasteiger partial charge on any atom is 0.242 e. The highest BCUT2D eigenvalue weighted by atomic mass is 16.5. The first-order chi connectivity index (χ1) is 15.6. The highest BCUT2D eigenvalue weighted by molar-refractivity contribution is 5.96. The third-order valence-electron chi connectivity index (χ3n) is 6.56. The van der Waals surface area contributed by atoms with Crippen molar-refractivity contribution in [2.45, 2.75) is 38.1 Å². The van der Waals surface area contributed by atoms with E-state index in [-0.39, 0.29) is 24.3 Å². The lowest BCUT2D eigenvalue weighted by molar-refractivity contribution is -0.132. The van der Waals surface area contributed by atoms with Crippen LogP contribution in [0.15, 0.2) is 48.5 Å².